The summed E-state index contributed by atoms with van der Waals surface area (Å²) in [5.41, 5.74) is 2.13. The minimum Gasteiger partial charge on any atom is -0.324 e. The molecule has 0 radical (unpaired) electrons. The van der Waals surface area contributed by atoms with E-state index in [-0.39, 0.29) is 33.8 Å². The first-order chi connectivity index (χ1) is 17.6. The summed E-state index contributed by atoms with van der Waals surface area (Å²) in [4.78, 5) is 21.5. The van der Waals surface area contributed by atoms with Gasteiger partial charge in [-0.2, -0.15) is 8.42 Å². The van der Waals surface area contributed by atoms with Crippen molar-refractivity contribution in [3.05, 3.63) is 112 Å². The Kier molecular flexibility index (Phi) is 7.61. The van der Waals surface area contributed by atoms with Crippen molar-refractivity contribution < 1.29 is 17.6 Å². The van der Waals surface area contributed by atoms with Gasteiger partial charge in [0.25, 0.3) is 10.0 Å². The monoisotopic (exact) mass is 537 g/mol. The van der Waals surface area contributed by atoms with Crippen molar-refractivity contribution in [2.24, 2.45) is 4.40 Å². The maximum absolute atomic E-state index is 13.4. The highest BCUT2D eigenvalue weighted by atomic mass is 35.5. The topological polar surface area (TPSA) is 113 Å². The van der Waals surface area contributed by atoms with Crippen molar-refractivity contribution in [3.8, 4) is 0 Å². The number of benzene rings is 3. The first-order valence-electron chi connectivity index (χ1n) is 11.0. The Morgan fingerprint density at radius 1 is 0.892 bits per heavy atom. The van der Waals surface area contributed by atoms with Crippen LogP contribution >= 0.6 is 11.6 Å². The summed E-state index contributed by atoms with van der Waals surface area (Å²) >= 11 is 6.21. The lowest BCUT2D eigenvalue weighted by molar-refractivity contribution is 0.103. The molecule has 0 bridgehead atoms. The van der Waals surface area contributed by atoms with Gasteiger partial charge in [0.05, 0.1) is 10.6 Å². The standard InChI is InChI=1S/C26H21ClFN5O3S/c1-16-14-17(2)30-25(29-16)32-26(33-37(35,36)21-11-9-20(28)10-12-21)31-23-15-19(27)8-13-22(23)24(34)18-6-4-3-5-7-18/h3-15H,1-2H3,(H2,29,30,31,32,33). The number of nitrogens with zero attached hydrogens (tertiary/aromatic N) is 3. The number of nitrogens with one attached hydrogen (secondary N) is 2. The third-order valence-electron chi connectivity index (χ3n) is 5.05. The number of hydrogen-bond donors (Lipinski definition) is 2. The van der Waals surface area contributed by atoms with Gasteiger partial charge in [0.2, 0.25) is 11.9 Å². The molecule has 1 aromatic heterocycles. The van der Waals surface area contributed by atoms with Gasteiger partial charge < -0.3 is 5.32 Å². The minimum atomic E-state index is -4.31. The number of sulfonamides is 1. The molecule has 3 aromatic carbocycles. The summed E-state index contributed by atoms with van der Waals surface area (Å²) in [7, 11) is -4.31. The second-order valence-electron chi connectivity index (χ2n) is 7.98. The van der Waals surface area contributed by atoms with Gasteiger partial charge in [-0.15, -0.1) is 4.40 Å². The lowest BCUT2D eigenvalue weighted by Crippen LogP contribution is -2.26. The highest BCUT2D eigenvalue weighted by Gasteiger charge is 2.19. The molecule has 11 heteroatoms. The van der Waals surface area contributed by atoms with Crippen molar-refractivity contribution in [1.82, 2.24) is 9.97 Å². The van der Waals surface area contributed by atoms with Gasteiger partial charge in [-0.25, -0.2) is 14.4 Å². The van der Waals surface area contributed by atoms with Gasteiger partial charge in [-0.3, -0.25) is 10.1 Å². The van der Waals surface area contributed by atoms with Gasteiger partial charge in [0, 0.05) is 27.5 Å². The number of carbonyl (C=O) groups excluding carboxylic acids is 1. The van der Waals surface area contributed by atoms with Crippen LogP contribution in [0.15, 0.2) is 88.2 Å². The fourth-order valence-electron chi connectivity index (χ4n) is 3.43. The zero-order valence-electron chi connectivity index (χ0n) is 19.7. The highest BCUT2D eigenvalue weighted by Crippen LogP contribution is 2.25. The molecule has 188 valence electrons. The molecule has 0 amide bonds. The Labute approximate surface area is 218 Å². The van der Waals surface area contributed by atoms with E-state index in [1.165, 1.54) is 12.1 Å². The molecular weight excluding hydrogens is 517 g/mol. The smallest absolute Gasteiger partial charge is 0.285 e. The van der Waals surface area contributed by atoms with Crippen LogP contribution < -0.4 is 10.6 Å². The molecule has 0 saturated heterocycles. The van der Waals surface area contributed by atoms with E-state index in [4.69, 9.17) is 11.6 Å². The van der Waals surface area contributed by atoms with Gasteiger partial charge in [0.1, 0.15) is 5.82 Å². The molecule has 0 atom stereocenters. The molecule has 2 N–H and O–H groups in total. The van der Waals surface area contributed by atoms with Crippen LogP contribution in [-0.4, -0.2) is 30.1 Å². The van der Waals surface area contributed by atoms with E-state index in [1.54, 1.807) is 56.3 Å². The average molecular weight is 538 g/mol. The predicted molar refractivity (Wildman–Crippen MR) is 141 cm³/mol. The van der Waals surface area contributed by atoms with Crippen molar-refractivity contribution >= 4 is 45.0 Å². The number of halogens is 2. The van der Waals surface area contributed by atoms with E-state index in [2.05, 4.69) is 25.0 Å². The molecule has 37 heavy (non-hydrogen) atoms. The van der Waals surface area contributed by atoms with Crippen LogP contribution in [0.4, 0.5) is 16.0 Å². The molecule has 0 unspecified atom stereocenters. The fourth-order valence-corrected chi connectivity index (χ4v) is 4.52. The zero-order chi connectivity index (χ0) is 26.6. The average Bonchev–Trinajstić information content (AvgIpc) is 2.83. The molecular formula is C26H21ClFN5O3S. The molecule has 0 spiro atoms. The highest BCUT2D eigenvalue weighted by molar-refractivity contribution is 7.90. The molecule has 0 aliphatic heterocycles. The number of hydrogen-bond acceptors (Lipinski definition) is 5. The van der Waals surface area contributed by atoms with Crippen LogP contribution in [0.3, 0.4) is 0 Å². The molecule has 0 fully saturated rings. The molecule has 0 saturated carbocycles. The summed E-state index contributed by atoms with van der Waals surface area (Å²) < 4.78 is 43.3. The van der Waals surface area contributed by atoms with Crippen LogP contribution in [0, 0.1) is 19.7 Å². The van der Waals surface area contributed by atoms with Crippen LogP contribution in [-0.2, 0) is 10.0 Å². The van der Waals surface area contributed by atoms with E-state index >= 15 is 0 Å². The number of anilines is 2. The van der Waals surface area contributed by atoms with E-state index in [0.29, 0.717) is 22.0 Å². The van der Waals surface area contributed by atoms with Crippen LogP contribution in [0.2, 0.25) is 5.02 Å². The van der Waals surface area contributed by atoms with Crippen LogP contribution in [0.1, 0.15) is 27.3 Å². The summed E-state index contributed by atoms with van der Waals surface area (Å²) in [6, 6.07) is 19.1. The number of rotatable bonds is 6. The van der Waals surface area contributed by atoms with Crippen molar-refractivity contribution in [1.29, 1.82) is 0 Å². The lowest BCUT2D eigenvalue weighted by atomic mass is 10.0. The predicted octanol–water partition coefficient (Wildman–Crippen LogP) is 5.39. The number of ketones is 1. The van der Waals surface area contributed by atoms with Crippen molar-refractivity contribution in [2.75, 3.05) is 10.6 Å². The van der Waals surface area contributed by atoms with Gasteiger partial charge in [0.15, 0.2) is 5.78 Å². The zero-order valence-corrected chi connectivity index (χ0v) is 21.3. The number of guanidine groups is 1. The largest absolute Gasteiger partial charge is 0.324 e. The Morgan fingerprint density at radius 2 is 1.54 bits per heavy atom. The fraction of sp³-hybridized carbons (Fsp3) is 0.0769. The minimum absolute atomic E-state index is 0.0796. The maximum Gasteiger partial charge on any atom is 0.285 e. The van der Waals surface area contributed by atoms with Gasteiger partial charge in [-0.05, 0) is 62.4 Å². The first kappa shape index (κ1) is 25.9. The number of aromatic nitrogens is 2. The summed E-state index contributed by atoms with van der Waals surface area (Å²) in [5.74, 6) is -1.12. The maximum atomic E-state index is 13.4. The summed E-state index contributed by atoms with van der Waals surface area (Å²) in [6.45, 7) is 3.51. The summed E-state index contributed by atoms with van der Waals surface area (Å²) in [5, 5.41) is 5.95. The molecule has 4 aromatic rings. The Hall–Kier alpha value is -4.15. The van der Waals surface area contributed by atoms with Gasteiger partial charge >= 0.3 is 0 Å². The van der Waals surface area contributed by atoms with E-state index in [0.717, 1.165) is 24.3 Å². The van der Waals surface area contributed by atoms with E-state index < -0.39 is 15.8 Å². The number of aryl methyl sites for hydroxylation is 2. The quantitative estimate of drug-likeness (QED) is 0.193. The normalized spacial score (nSPS) is 11.7. The molecule has 8 nitrogen and oxygen atoms in total. The first-order valence-corrected chi connectivity index (χ1v) is 12.8. The Bertz CT molecular complexity index is 1570. The lowest BCUT2D eigenvalue weighted by Gasteiger charge is -2.15. The number of carbonyl (C=O) groups is 1. The molecule has 1 heterocycles. The molecule has 4 rings (SSSR count). The Morgan fingerprint density at radius 3 is 2.19 bits per heavy atom. The molecule has 0 aliphatic rings. The van der Waals surface area contributed by atoms with Crippen molar-refractivity contribution in [2.45, 2.75) is 18.7 Å². The van der Waals surface area contributed by atoms with E-state index in [1.807, 2.05) is 0 Å². The SMILES string of the molecule is Cc1cc(C)nc(N/C(=N/S(=O)(=O)c2ccc(F)cc2)Nc2cc(Cl)ccc2C(=O)c2ccccc2)n1. The van der Waals surface area contributed by atoms with Crippen molar-refractivity contribution in [3.63, 3.8) is 0 Å². The molecule has 0 aliphatic carbocycles. The Balaban J connectivity index is 1.79. The third kappa shape index (κ3) is 6.54. The van der Waals surface area contributed by atoms with E-state index in [9.17, 15) is 17.6 Å². The second-order valence-corrected chi connectivity index (χ2v) is 10.0. The van der Waals surface area contributed by atoms with Crippen LogP contribution in [0.5, 0.6) is 0 Å². The van der Waals surface area contributed by atoms with Crippen LogP contribution in [0.25, 0.3) is 0 Å². The third-order valence-corrected chi connectivity index (χ3v) is 6.58. The summed E-state index contributed by atoms with van der Waals surface area (Å²) in [6.07, 6.45) is 0. The van der Waals surface area contributed by atoms with Gasteiger partial charge in [-0.1, -0.05) is 41.9 Å². The second kappa shape index (κ2) is 10.9.